The monoisotopic (exact) mass is 323 g/mol. The lowest BCUT2D eigenvalue weighted by Gasteiger charge is -2.08. The highest BCUT2D eigenvalue weighted by molar-refractivity contribution is 7.89. The number of sulfonamides is 1. The second-order valence-electron chi connectivity index (χ2n) is 3.32. The van der Waals surface area contributed by atoms with Gasteiger partial charge in [-0.25, -0.2) is 18.6 Å². The van der Waals surface area contributed by atoms with Crippen molar-refractivity contribution in [2.45, 2.75) is 11.8 Å². The number of hydrogen-bond donors (Lipinski definition) is 2. The number of carbonyl (C=O) groups excluding carboxylic acids is 1. The van der Waals surface area contributed by atoms with E-state index in [1.807, 2.05) is 0 Å². The Morgan fingerprint density at radius 1 is 1.50 bits per heavy atom. The van der Waals surface area contributed by atoms with Gasteiger partial charge in [0.2, 0.25) is 0 Å². The maximum atomic E-state index is 11.8. The normalized spacial score (nSPS) is 10.9. The van der Waals surface area contributed by atoms with Crippen molar-refractivity contribution in [3.8, 4) is 0 Å². The molecule has 20 heavy (non-hydrogen) atoms. The van der Waals surface area contributed by atoms with Gasteiger partial charge in [-0.2, -0.15) is 0 Å². The molecule has 0 aromatic heterocycles. The number of ether oxygens (including phenoxy) is 1. The summed E-state index contributed by atoms with van der Waals surface area (Å²) < 4.78 is 28.0. The Hall–Kier alpha value is -1.91. The van der Waals surface area contributed by atoms with Crippen LogP contribution in [0.5, 0.6) is 0 Å². The van der Waals surface area contributed by atoms with E-state index < -0.39 is 31.6 Å². The molecule has 1 rings (SSSR count). The fourth-order valence-corrected chi connectivity index (χ4v) is 2.17. The van der Waals surface area contributed by atoms with Crippen LogP contribution in [-0.4, -0.2) is 26.0 Å². The van der Waals surface area contributed by atoms with Gasteiger partial charge in [0, 0.05) is 6.07 Å². The van der Waals surface area contributed by atoms with E-state index in [0.29, 0.717) is 0 Å². The van der Waals surface area contributed by atoms with E-state index >= 15 is 0 Å². The maximum Gasteiger partial charge on any atom is 0.422 e. The third kappa shape index (κ3) is 4.05. The van der Waals surface area contributed by atoms with Crippen molar-refractivity contribution in [3.05, 3.63) is 33.3 Å². The van der Waals surface area contributed by atoms with Crippen LogP contribution in [0.15, 0.2) is 23.1 Å². The molecular formula is C9H10ClN3O6S. The van der Waals surface area contributed by atoms with Crippen molar-refractivity contribution in [2.24, 2.45) is 0 Å². The molecule has 11 heteroatoms. The average molecular weight is 324 g/mol. The number of nitrogens with zero attached hydrogens (tertiary/aromatic N) is 1. The van der Waals surface area contributed by atoms with Crippen LogP contribution in [0.1, 0.15) is 6.92 Å². The van der Waals surface area contributed by atoms with E-state index in [2.05, 4.69) is 4.74 Å². The van der Waals surface area contributed by atoms with E-state index in [0.717, 1.165) is 18.2 Å². The number of rotatable bonds is 5. The molecule has 0 fully saturated rings. The predicted octanol–water partition coefficient (Wildman–Crippen LogP) is 1.19. The van der Waals surface area contributed by atoms with E-state index in [4.69, 9.17) is 11.6 Å². The number of carbonyl (C=O) groups is 1. The van der Waals surface area contributed by atoms with Gasteiger partial charge in [0.15, 0.2) is 0 Å². The van der Waals surface area contributed by atoms with Gasteiger partial charge in [-0.3, -0.25) is 10.1 Å². The summed E-state index contributed by atoms with van der Waals surface area (Å²) >= 11 is 5.56. The first-order valence-corrected chi connectivity index (χ1v) is 7.02. The van der Waals surface area contributed by atoms with Crippen LogP contribution < -0.4 is 10.3 Å². The molecule has 110 valence electrons. The number of hydrogen-bond acceptors (Lipinski definition) is 6. The van der Waals surface area contributed by atoms with Crippen LogP contribution >= 0.6 is 11.6 Å². The first-order valence-electron chi connectivity index (χ1n) is 5.16. The van der Waals surface area contributed by atoms with E-state index in [1.165, 1.54) is 6.92 Å². The molecule has 1 aromatic carbocycles. The molecule has 0 saturated heterocycles. The third-order valence-corrected chi connectivity index (χ3v) is 3.55. The zero-order valence-corrected chi connectivity index (χ0v) is 11.7. The number of halogens is 1. The van der Waals surface area contributed by atoms with Gasteiger partial charge >= 0.3 is 6.09 Å². The van der Waals surface area contributed by atoms with Gasteiger partial charge in [0.25, 0.3) is 15.7 Å². The zero-order valence-electron chi connectivity index (χ0n) is 10.1. The van der Waals surface area contributed by atoms with Gasteiger partial charge in [-0.1, -0.05) is 11.6 Å². The number of nitro groups is 1. The van der Waals surface area contributed by atoms with Gasteiger partial charge in [-0.05, 0) is 19.1 Å². The Kier molecular flexibility index (Phi) is 5.25. The van der Waals surface area contributed by atoms with Crippen molar-refractivity contribution in [3.63, 3.8) is 0 Å². The summed E-state index contributed by atoms with van der Waals surface area (Å²) in [5, 5.41) is 10.5. The van der Waals surface area contributed by atoms with Crippen molar-refractivity contribution >= 4 is 33.4 Å². The molecule has 2 N–H and O–H groups in total. The highest BCUT2D eigenvalue weighted by Crippen LogP contribution is 2.26. The Labute approximate surface area is 119 Å². The number of nitro benzene ring substituents is 1. The summed E-state index contributed by atoms with van der Waals surface area (Å²) in [6.45, 7) is 1.59. The largest absolute Gasteiger partial charge is 0.449 e. The van der Waals surface area contributed by atoms with Gasteiger partial charge in [-0.15, -0.1) is 4.83 Å². The molecule has 0 aliphatic heterocycles. The molecule has 0 bridgehead atoms. The number of benzene rings is 1. The molecular weight excluding hydrogens is 314 g/mol. The lowest BCUT2D eigenvalue weighted by molar-refractivity contribution is -0.384. The minimum atomic E-state index is -4.17. The Morgan fingerprint density at radius 3 is 2.70 bits per heavy atom. The molecule has 0 saturated carbocycles. The molecule has 0 atom stereocenters. The highest BCUT2D eigenvalue weighted by Gasteiger charge is 2.21. The Balaban J connectivity index is 2.96. The summed E-state index contributed by atoms with van der Waals surface area (Å²) in [7, 11) is -4.17. The van der Waals surface area contributed by atoms with Crippen molar-refractivity contribution < 1.29 is 22.9 Å². The third-order valence-electron chi connectivity index (χ3n) is 1.99. The molecule has 0 unspecified atom stereocenters. The topological polar surface area (TPSA) is 128 Å². The lowest BCUT2D eigenvalue weighted by atomic mass is 10.3. The highest BCUT2D eigenvalue weighted by atomic mass is 35.5. The van der Waals surface area contributed by atoms with Crippen LogP contribution in [0.4, 0.5) is 10.5 Å². The van der Waals surface area contributed by atoms with Crippen LogP contribution in [-0.2, 0) is 14.8 Å². The summed E-state index contributed by atoms with van der Waals surface area (Å²) in [5.74, 6) is 0. The van der Waals surface area contributed by atoms with Crippen molar-refractivity contribution in [2.75, 3.05) is 6.61 Å². The molecule has 0 spiro atoms. The Bertz CT molecular complexity index is 633. The molecule has 1 amide bonds. The van der Waals surface area contributed by atoms with Crippen LogP contribution in [0, 0.1) is 10.1 Å². The second kappa shape index (κ2) is 6.50. The molecule has 0 aliphatic carbocycles. The van der Waals surface area contributed by atoms with Crippen molar-refractivity contribution in [1.82, 2.24) is 10.3 Å². The average Bonchev–Trinajstić information content (AvgIpc) is 2.37. The van der Waals surface area contributed by atoms with Gasteiger partial charge in [0.1, 0.15) is 5.02 Å². The van der Waals surface area contributed by atoms with Crippen molar-refractivity contribution in [1.29, 1.82) is 0 Å². The molecule has 9 nitrogen and oxygen atoms in total. The minimum absolute atomic E-state index is 0.0555. The Morgan fingerprint density at radius 2 is 2.15 bits per heavy atom. The molecule has 1 aromatic rings. The van der Waals surface area contributed by atoms with E-state index in [1.54, 1.807) is 10.3 Å². The fraction of sp³-hybridized carbons (Fsp3) is 0.222. The summed E-state index contributed by atoms with van der Waals surface area (Å²) in [5.41, 5.74) is 1.22. The SMILES string of the molecule is CCOC(=O)NNS(=O)(=O)c1ccc(Cl)c([N+](=O)[O-])c1. The summed E-state index contributed by atoms with van der Waals surface area (Å²) in [4.78, 5) is 22.1. The molecule has 0 radical (unpaired) electrons. The van der Waals surface area contributed by atoms with E-state index in [-0.39, 0.29) is 11.6 Å². The fourth-order valence-electron chi connectivity index (χ4n) is 1.13. The lowest BCUT2D eigenvalue weighted by Crippen LogP contribution is -2.41. The van der Waals surface area contributed by atoms with Crippen LogP contribution in [0.25, 0.3) is 0 Å². The first kappa shape index (κ1) is 16.1. The molecule has 0 heterocycles. The van der Waals surface area contributed by atoms with E-state index in [9.17, 15) is 23.3 Å². The van der Waals surface area contributed by atoms with Crippen LogP contribution in [0.3, 0.4) is 0 Å². The second-order valence-corrected chi connectivity index (χ2v) is 5.41. The standard InChI is InChI=1S/C9H10ClN3O6S/c1-2-19-9(14)11-12-20(17,18)6-3-4-7(10)8(5-6)13(15)16/h3-5,12H,2H2,1H3,(H,11,14). The minimum Gasteiger partial charge on any atom is -0.449 e. The van der Waals surface area contributed by atoms with Gasteiger partial charge in [0.05, 0.1) is 16.4 Å². The summed E-state index contributed by atoms with van der Waals surface area (Å²) in [6.07, 6.45) is -1.00. The van der Waals surface area contributed by atoms with Gasteiger partial charge < -0.3 is 4.74 Å². The number of amides is 1. The number of hydrazine groups is 1. The summed E-state index contributed by atoms with van der Waals surface area (Å²) in [6, 6.07) is 2.90. The first-order chi connectivity index (χ1) is 9.27. The molecule has 0 aliphatic rings. The zero-order chi connectivity index (χ0) is 15.3. The van der Waals surface area contributed by atoms with Crippen LogP contribution in [0.2, 0.25) is 5.02 Å². The number of nitrogens with one attached hydrogen (secondary N) is 2. The maximum absolute atomic E-state index is 11.8. The predicted molar refractivity (Wildman–Crippen MR) is 68.6 cm³/mol. The quantitative estimate of drug-likeness (QED) is 0.618. The smallest absolute Gasteiger partial charge is 0.422 e.